The quantitative estimate of drug-likeness (QED) is 0.569. The fraction of sp³-hybridized carbons (Fsp3) is 0.700. The van der Waals surface area contributed by atoms with Gasteiger partial charge < -0.3 is 4.74 Å². The van der Waals surface area contributed by atoms with Gasteiger partial charge in [-0.05, 0) is 37.3 Å². The Labute approximate surface area is 153 Å². The number of hydrogen-bond donors (Lipinski definition) is 1. The summed E-state index contributed by atoms with van der Waals surface area (Å²) >= 11 is 4.40. The van der Waals surface area contributed by atoms with Crippen molar-refractivity contribution in [3.05, 3.63) is 35.4 Å². The van der Waals surface area contributed by atoms with Crippen molar-refractivity contribution in [2.75, 3.05) is 39.3 Å². The number of ether oxygens (including phenoxy) is 1. The zero-order valence-corrected chi connectivity index (χ0v) is 16.7. The van der Waals surface area contributed by atoms with Gasteiger partial charge in [0.05, 0.1) is 6.61 Å². The average molecular weight is 351 g/mol. The van der Waals surface area contributed by atoms with E-state index < -0.39 is 0 Å². The first-order valence-electron chi connectivity index (χ1n) is 9.21. The normalized spacial score (nSPS) is 17.6. The van der Waals surface area contributed by atoms with E-state index in [1.165, 1.54) is 17.5 Å². The summed E-state index contributed by atoms with van der Waals surface area (Å²) in [7, 11) is 0. The van der Waals surface area contributed by atoms with Gasteiger partial charge in [-0.3, -0.25) is 9.80 Å². The van der Waals surface area contributed by atoms with Crippen molar-refractivity contribution in [3.8, 4) is 0 Å². The SMILES string of the molecule is CC(C)Cc1ccc(CN2CCN(CCOC(C)(C)S)CC2)cc1. The number of nitrogens with zero attached hydrogens (tertiary/aromatic N) is 2. The Bertz CT molecular complexity index is 473. The highest BCUT2D eigenvalue weighted by molar-refractivity contribution is 7.81. The van der Waals surface area contributed by atoms with Crippen molar-refractivity contribution in [1.29, 1.82) is 0 Å². The minimum Gasteiger partial charge on any atom is -0.364 e. The lowest BCUT2D eigenvalue weighted by Crippen LogP contribution is -2.47. The lowest BCUT2D eigenvalue weighted by molar-refractivity contribution is 0.0268. The monoisotopic (exact) mass is 350 g/mol. The highest BCUT2D eigenvalue weighted by Gasteiger charge is 2.18. The molecule has 0 amide bonds. The molecule has 0 aromatic heterocycles. The second kappa shape index (κ2) is 9.23. The molecule has 0 N–H and O–H groups in total. The molecule has 0 spiro atoms. The third-order valence-corrected chi connectivity index (χ3v) is 4.53. The molecule has 0 bridgehead atoms. The first kappa shape index (κ1) is 19.8. The van der Waals surface area contributed by atoms with Gasteiger partial charge in [0.25, 0.3) is 0 Å². The standard InChI is InChI=1S/C20H34N2OS/c1-17(2)15-18-5-7-19(8-6-18)16-22-11-9-21(10-12-22)13-14-23-20(3,4)24/h5-8,17,24H,9-16H2,1-4H3. The Morgan fingerprint density at radius 3 is 2.08 bits per heavy atom. The number of thiol groups is 1. The number of hydrogen-bond acceptors (Lipinski definition) is 4. The van der Waals surface area contributed by atoms with E-state index >= 15 is 0 Å². The molecule has 1 saturated heterocycles. The molecule has 3 nitrogen and oxygen atoms in total. The van der Waals surface area contributed by atoms with E-state index in [4.69, 9.17) is 4.74 Å². The Morgan fingerprint density at radius 2 is 1.54 bits per heavy atom. The molecular formula is C20H34N2OS. The Hall–Kier alpha value is -0.550. The molecular weight excluding hydrogens is 316 g/mol. The molecule has 0 saturated carbocycles. The van der Waals surface area contributed by atoms with Gasteiger partial charge >= 0.3 is 0 Å². The van der Waals surface area contributed by atoms with E-state index in [2.05, 4.69) is 60.5 Å². The van der Waals surface area contributed by atoms with Crippen molar-refractivity contribution >= 4 is 12.6 Å². The van der Waals surface area contributed by atoms with Gasteiger partial charge in [-0.15, -0.1) is 12.6 Å². The highest BCUT2D eigenvalue weighted by Crippen LogP contribution is 2.14. The third-order valence-electron chi connectivity index (χ3n) is 4.40. The molecule has 0 unspecified atom stereocenters. The predicted octanol–water partition coefficient (Wildman–Crippen LogP) is 3.69. The zero-order chi connectivity index (χ0) is 17.6. The molecule has 136 valence electrons. The third kappa shape index (κ3) is 7.56. The lowest BCUT2D eigenvalue weighted by atomic mass is 10.0. The molecule has 1 aromatic carbocycles. The van der Waals surface area contributed by atoms with E-state index in [0.29, 0.717) is 0 Å². The summed E-state index contributed by atoms with van der Waals surface area (Å²) in [5.74, 6) is 0.723. The Kier molecular flexibility index (Phi) is 7.60. The van der Waals surface area contributed by atoms with Crippen molar-refractivity contribution in [3.63, 3.8) is 0 Å². The molecule has 24 heavy (non-hydrogen) atoms. The van der Waals surface area contributed by atoms with Crippen LogP contribution in [0.1, 0.15) is 38.8 Å². The van der Waals surface area contributed by atoms with Crippen LogP contribution in [0.25, 0.3) is 0 Å². The summed E-state index contributed by atoms with van der Waals surface area (Å²) in [6.07, 6.45) is 1.17. The summed E-state index contributed by atoms with van der Waals surface area (Å²) in [5.41, 5.74) is 2.88. The fourth-order valence-corrected chi connectivity index (χ4v) is 3.20. The molecule has 1 aromatic rings. The molecule has 2 rings (SSSR count). The molecule has 4 heteroatoms. The highest BCUT2D eigenvalue weighted by atomic mass is 32.1. The van der Waals surface area contributed by atoms with Gasteiger partial charge in [0, 0.05) is 39.3 Å². The number of benzene rings is 1. The molecule has 1 fully saturated rings. The maximum absolute atomic E-state index is 5.70. The van der Waals surface area contributed by atoms with E-state index in [0.717, 1.165) is 51.8 Å². The Balaban J connectivity index is 1.69. The van der Waals surface area contributed by atoms with Crippen molar-refractivity contribution in [1.82, 2.24) is 9.80 Å². The van der Waals surface area contributed by atoms with Crippen LogP contribution in [-0.4, -0.2) is 54.1 Å². The van der Waals surface area contributed by atoms with E-state index in [1.807, 2.05) is 13.8 Å². The van der Waals surface area contributed by atoms with Gasteiger partial charge in [-0.1, -0.05) is 38.1 Å². The van der Waals surface area contributed by atoms with Crippen LogP contribution in [0, 0.1) is 5.92 Å². The van der Waals surface area contributed by atoms with Crippen LogP contribution in [-0.2, 0) is 17.7 Å². The minimum absolute atomic E-state index is 0.330. The average Bonchev–Trinajstić information content (AvgIpc) is 2.49. The van der Waals surface area contributed by atoms with Crippen LogP contribution in [0.2, 0.25) is 0 Å². The van der Waals surface area contributed by atoms with Gasteiger partial charge in [-0.2, -0.15) is 0 Å². The molecule has 1 aliphatic heterocycles. The lowest BCUT2D eigenvalue weighted by Gasteiger charge is -2.35. The maximum atomic E-state index is 5.70. The predicted molar refractivity (Wildman–Crippen MR) is 106 cm³/mol. The van der Waals surface area contributed by atoms with Crippen LogP contribution < -0.4 is 0 Å². The van der Waals surface area contributed by atoms with Gasteiger partial charge in [0.2, 0.25) is 0 Å². The number of rotatable bonds is 8. The topological polar surface area (TPSA) is 15.7 Å². The van der Waals surface area contributed by atoms with Crippen molar-refractivity contribution in [2.24, 2.45) is 5.92 Å². The second-order valence-corrected chi connectivity index (χ2v) is 8.90. The van der Waals surface area contributed by atoms with Crippen LogP contribution in [0.15, 0.2) is 24.3 Å². The molecule has 1 aliphatic rings. The summed E-state index contributed by atoms with van der Waals surface area (Å²) in [6, 6.07) is 9.18. The summed E-state index contributed by atoms with van der Waals surface area (Å²) in [5, 5.41) is 0. The van der Waals surface area contributed by atoms with Gasteiger partial charge in [0.1, 0.15) is 4.93 Å². The van der Waals surface area contributed by atoms with E-state index in [1.54, 1.807) is 0 Å². The first-order valence-corrected chi connectivity index (χ1v) is 9.65. The first-order chi connectivity index (χ1) is 11.3. The maximum Gasteiger partial charge on any atom is 0.105 e. The van der Waals surface area contributed by atoms with Crippen LogP contribution in [0.4, 0.5) is 0 Å². The smallest absolute Gasteiger partial charge is 0.105 e. The minimum atomic E-state index is -0.330. The second-order valence-electron chi connectivity index (χ2n) is 7.83. The van der Waals surface area contributed by atoms with Crippen LogP contribution in [0.5, 0.6) is 0 Å². The largest absolute Gasteiger partial charge is 0.364 e. The molecule has 0 atom stereocenters. The van der Waals surface area contributed by atoms with Crippen molar-refractivity contribution in [2.45, 2.75) is 45.6 Å². The van der Waals surface area contributed by atoms with Crippen LogP contribution in [0.3, 0.4) is 0 Å². The van der Waals surface area contributed by atoms with Crippen molar-refractivity contribution < 1.29 is 4.74 Å². The Morgan fingerprint density at radius 1 is 1.00 bits per heavy atom. The molecule has 1 heterocycles. The van der Waals surface area contributed by atoms with Crippen LogP contribution >= 0.6 is 12.6 Å². The summed E-state index contributed by atoms with van der Waals surface area (Å²) in [6.45, 7) is 15.9. The van der Waals surface area contributed by atoms with Gasteiger partial charge in [-0.25, -0.2) is 0 Å². The summed E-state index contributed by atoms with van der Waals surface area (Å²) in [4.78, 5) is 4.71. The fourth-order valence-electron chi connectivity index (χ4n) is 3.11. The summed E-state index contributed by atoms with van der Waals surface area (Å²) < 4.78 is 5.70. The number of piperazine rings is 1. The van der Waals surface area contributed by atoms with E-state index in [9.17, 15) is 0 Å². The molecule has 0 radical (unpaired) electrons. The van der Waals surface area contributed by atoms with Gasteiger partial charge in [0.15, 0.2) is 0 Å². The molecule has 0 aliphatic carbocycles. The zero-order valence-electron chi connectivity index (χ0n) is 15.8. The van der Waals surface area contributed by atoms with E-state index in [-0.39, 0.29) is 4.93 Å².